The van der Waals surface area contributed by atoms with Crippen LogP contribution >= 0.6 is 0 Å². The van der Waals surface area contributed by atoms with Crippen LogP contribution in [0.5, 0.6) is 0 Å². The quantitative estimate of drug-likeness (QED) is 0.494. The second-order valence-electron chi connectivity index (χ2n) is 9.26. The van der Waals surface area contributed by atoms with Crippen molar-refractivity contribution in [1.29, 1.82) is 0 Å². The minimum Gasteiger partial charge on any atom is -0.469 e. The summed E-state index contributed by atoms with van der Waals surface area (Å²) in [6.07, 6.45) is -1.43. The number of ether oxygens (including phenoxy) is 3. The molecule has 7 nitrogen and oxygen atoms in total. The minimum atomic E-state index is -1.17. The molecule has 33 heavy (non-hydrogen) atoms. The van der Waals surface area contributed by atoms with E-state index in [0.29, 0.717) is 0 Å². The first-order valence-corrected chi connectivity index (χ1v) is 10.9. The van der Waals surface area contributed by atoms with E-state index in [1.807, 2.05) is 74.5 Å². The van der Waals surface area contributed by atoms with E-state index in [4.69, 9.17) is 14.2 Å². The Morgan fingerprint density at radius 3 is 1.91 bits per heavy atom. The zero-order valence-corrected chi connectivity index (χ0v) is 20.0. The molecule has 0 unspecified atom stereocenters. The first-order chi connectivity index (χ1) is 15.6. The lowest BCUT2D eigenvalue weighted by Crippen LogP contribution is -2.60. The van der Waals surface area contributed by atoms with Gasteiger partial charge in [0.05, 0.1) is 37.9 Å². The average Bonchev–Trinajstić information content (AvgIpc) is 2.82. The van der Waals surface area contributed by atoms with Gasteiger partial charge in [0.15, 0.2) is 0 Å². The number of hydrogen-bond donors (Lipinski definition) is 2. The van der Waals surface area contributed by atoms with Gasteiger partial charge >= 0.3 is 12.1 Å². The van der Waals surface area contributed by atoms with Gasteiger partial charge in [0.2, 0.25) is 0 Å². The van der Waals surface area contributed by atoms with Crippen LogP contribution in [0.25, 0.3) is 0 Å². The number of aliphatic hydroxyl groups excluding tert-OH is 1. The molecule has 0 saturated carbocycles. The highest BCUT2D eigenvalue weighted by Crippen LogP contribution is 2.35. The highest BCUT2D eigenvalue weighted by Gasteiger charge is 2.49. The van der Waals surface area contributed by atoms with Crippen LogP contribution in [0.3, 0.4) is 0 Å². The van der Waals surface area contributed by atoms with Crippen LogP contribution in [0.1, 0.15) is 38.8 Å². The fourth-order valence-corrected chi connectivity index (χ4v) is 3.54. The van der Waals surface area contributed by atoms with E-state index in [2.05, 4.69) is 5.32 Å². The van der Waals surface area contributed by atoms with Crippen molar-refractivity contribution in [3.05, 3.63) is 71.8 Å². The minimum absolute atomic E-state index is 0.0803. The number of benzene rings is 2. The van der Waals surface area contributed by atoms with Crippen LogP contribution in [0, 0.1) is 10.8 Å². The lowest BCUT2D eigenvalue weighted by atomic mass is 9.72. The molecule has 0 bridgehead atoms. The molecule has 0 aliphatic carbocycles. The molecule has 2 aromatic carbocycles. The van der Waals surface area contributed by atoms with Gasteiger partial charge in [0.1, 0.15) is 6.61 Å². The van der Waals surface area contributed by atoms with Gasteiger partial charge in [-0.25, -0.2) is 4.79 Å². The smallest absolute Gasteiger partial charge is 0.407 e. The Morgan fingerprint density at radius 1 is 0.909 bits per heavy atom. The maximum atomic E-state index is 12.8. The summed E-state index contributed by atoms with van der Waals surface area (Å²) < 4.78 is 16.7. The predicted molar refractivity (Wildman–Crippen MR) is 125 cm³/mol. The van der Waals surface area contributed by atoms with Crippen molar-refractivity contribution in [2.24, 2.45) is 10.8 Å². The number of nitrogens with one attached hydrogen (secondary N) is 1. The van der Waals surface area contributed by atoms with Crippen molar-refractivity contribution in [2.45, 2.75) is 53.1 Å². The number of aliphatic hydroxyl groups is 1. The number of carbonyl (C=O) groups is 2. The zero-order valence-electron chi connectivity index (χ0n) is 20.0. The predicted octanol–water partition coefficient (Wildman–Crippen LogP) is 4.08. The molecular formula is C26H35NO6. The van der Waals surface area contributed by atoms with Gasteiger partial charge in [0, 0.05) is 5.41 Å². The summed E-state index contributed by atoms with van der Waals surface area (Å²) in [6.45, 7) is 7.09. The molecule has 0 fully saturated rings. The first kappa shape index (κ1) is 26.4. The van der Waals surface area contributed by atoms with Crippen LogP contribution in [-0.2, 0) is 32.2 Å². The molecule has 2 N–H and O–H groups in total. The molecule has 0 aliphatic rings. The SMILES string of the molecule is COC(=O)C(C)(C)[C@@H](NC(=O)OCc1ccccc1)[C@H](OCc1ccccc1)C(C)(C)CO. The van der Waals surface area contributed by atoms with Crippen molar-refractivity contribution in [3.63, 3.8) is 0 Å². The fourth-order valence-electron chi connectivity index (χ4n) is 3.54. The topological polar surface area (TPSA) is 94.1 Å². The Balaban J connectivity index is 2.30. The van der Waals surface area contributed by atoms with Crippen molar-refractivity contribution in [3.8, 4) is 0 Å². The number of esters is 1. The molecule has 2 aromatic rings. The van der Waals surface area contributed by atoms with Crippen molar-refractivity contribution >= 4 is 12.1 Å². The van der Waals surface area contributed by atoms with Crippen molar-refractivity contribution in [1.82, 2.24) is 5.32 Å². The highest BCUT2D eigenvalue weighted by atomic mass is 16.6. The molecule has 7 heteroatoms. The number of hydrogen-bond acceptors (Lipinski definition) is 6. The fraction of sp³-hybridized carbons (Fsp3) is 0.462. The summed E-state index contributed by atoms with van der Waals surface area (Å²) >= 11 is 0. The van der Waals surface area contributed by atoms with Gasteiger partial charge < -0.3 is 24.6 Å². The molecule has 0 radical (unpaired) electrons. The van der Waals surface area contributed by atoms with E-state index < -0.39 is 35.0 Å². The van der Waals surface area contributed by atoms with E-state index in [1.165, 1.54) is 7.11 Å². The molecule has 0 heterocycles. The zero-order chi connectivity index (χ0) is 24.5. The van der Waals surface area contributed by atoms with Crippen LogP contribution < -0.4 is 5.32 Å². The third kappa shape index (κ3) is 7.30. The highest BCUT2D eigenvalue weighted by molar-refractivity contribution is 5.78. The maximum Gasteiger partial charge on any atom is 0.407 e. The summed E-state index contributed by atoms with van der Waals surface area (Å²) in [5, 5.41) is 12.9. The summed E-state index contributed by atoms with van der Waals surface area (Å²) in [6, 6.07) is 18.0. The second-order valence-corrected chi connectivity index (χ2v) is 9.26. The molecule has 0 saturated heterocycles. The number of methoxy groups -OCH3 is 1. The Kier molecular flexibility index (Phi) is 9.44. The largest absolute Gasteiger partial charge is 0.469 e. The number of alkyl carbamates (subject to hydrolysis) is 1. The molecule has 2 atom stereocenters. The van der Waals surface area contributed by atoms with Crippen molar-refractivity contribution in [2.75, 3.05) is 13.7 Å². The molecule has 0 spiro atoms. The number of amides is 1. The van der Waals surface area contributed by atoms with Crippen molar-refractivity contribution < 1.29 is 28.9 Å². The van der Waals surface area contributed by atoms with Gasteiger partial charge in [0.25, 0.3) is 0 Å². The van der Waals surface area contributed by atoms with Gasteiger partial charge in [-0.1, -0.05) is 74.5 Å². The van der Waals surface area contributed by atoms with Gasteiger partial charge in [-0.2, -0.15) is 0 Å². The number of carbonyl (C=O) groups excluding carboxylic acids is 2. The molecule has 0 aliphatic heterocycles. The molecule has 180 valence electrons. The van der Waals surface area contributed by atoms with E-state index >= 15 is 0 Å². The van der Waals surface area contributed by atoms with E-state index in [-0.39, 0.29) is 19.8 Å². The Bertz CT molecular complexity index is 882. The Morgan fingerprint density at radius 2 is 1.42 bits per heavy atom. The van der Waals surface area contributed by atoms with E-state index in [0.717, 1.165) is 11.1 Å². The summed E-state index contributed by atoms with van der Waals surface area (Å²) in [5.41, 5.74) is -0.201. The standard InChI is InChI=1S/C26H35NO6/c1-25(2,18-28)22(32-16-19-12-8-6-9-13-19)21(26(3,4)23(29)31-5)27-24(30)33-17-20-14-10-7-11-15-20/h6-15,21-22,28H,16-18H2,1-5H3,(H,27,30)/t21-,22-/m0/s1. The van der Waals surface area contributed by atoms with Gasteiger partial charge in [-0.05, 0) is 25.0 Å². The van der Waals surface area contributed by atoms with Crippen LogP contribution in [-0.4, -0.2) is 43.0 Å². The average molecular weight is 458 g/mol. The summed E-state index contributed by atoms with van der Waals surface area (Å²) in [5.74, 6) is -0.516. The van der Waals surface area contributed by atoms with Crippen LogP contribution in [0.15, 0.2) is 60.7 Å². The van der Waals surface area contributed by atoms with Crippen LogP contribution in [0.2, 0.25) is 0 Å². The summed E-state index contributed by atoms with van der Waals surface area (Å²) in [4.78, 5) is 25.5. The summed E-state index contributed by atoms with van der Waals surface area (Å²) in [7, 11) is 1.30. The molecule has 1 amide bonds. The van der Waals surface area contributed by atoms with E-state index in [9.17, 15) is 14.7 Å². The second kappa shape index (κ2) is 11.8. The third-order valence-corrected chi connectivity index (χ3v) is 5.73. The van der Waals surface area contributed by atoms with Gasteiger partial charge in [-0.3, -0.25) is 4.79 Å². The Labute approximate surface area is 196 Å². The monoisotopic (exact) mass is 457 g/mol. The van der Waals surface area contributed by atoms with E-state index in [1.54, 1.807) is 13.8 Å². The first-order valence-electron chi connectivity index (χ1n) is 10.9. The Hall–Kier alpha value is -2.90. The van der Waals surface area contributed by atoms with Crippen LogP contribution in [0.4, 0.5) is 4.79 Å². The molecular weight excluding hydrogens is 422 g/mol. The lowest BCUT2D eigenvalue weighted by molar-refractivity contribution is -0.160. The third-order valence-electron chi connectivity index (χ3n) is 5.73. The molecule has 2 rings (SSSR count). The molecule has 0 aromatic heterocycles. The maximum absolute atomic E-state index is 12.8. The number of rotatable bonds is 11. The van der Waals surface area contributed by atoms with Gasteiger partial charge in [-0.15, -0.1) is 0 Å². The normalized spacial score (nSPS) is 13.6. The lowest BCUT2D eigenvalue weighted by Gasteiger charge is -2.43.